The van der Waals surface area contributed by atoms with Crippen LogP contribution in [0.3, 0.4) is 0 Å². The van der Waals surface area contributed by atoms with Gasteiger partial charge in [0.05, 0.1) is 6.10 Å². The largest absolute Gasteiger partial charge is 0.392 e. The Morgan fingerprint density at radius 3 is 2.36 bits per heavy atom. The molecule has 68 valence electrons. The van der Waals surface area contributed by atoms with E-state index in [1.54, 1.807) is 0 Å². The van der Waals surface area contributed by atoms with E-state index in [1.807, 2.05) is 7.05 Å². The Labute approximate surface area is 70.0 Å². The summed E-state index contributed by atoms with van der Waals surface area (Å²) in [5.41, 5.74) is 0.274. The first-order valence-electron chi connectivity index (χ1n) is 4.34. The monoisotopic (exact) mass is 159 g/mol. The average Bonchev–Trinajstić information content (AvgIpc) is 1.87. The van der Waals surface area contributed by atoms with Crippen molar-refractivity contribution in [3.8, 4) is 0 Å². The Morgan fingerprint density at radius 1 is 1.45 bits per heavy atom. The van der Waals surface area contributed by atoms with Gasteiger partial charge >= 0.3 is 0 Å². The minimum atomic E-state index is -0.199. The van der Waals surface area contributed by atoms with Gasteiger partial charge in [-0.3, -0.25) is 0 Å². The SMILES string of the molecule is CCC(C)(C)CC(O)CNC. The molecule has 1 atom stereocenters. The molecule has 11 heavy (non-hydrogen) atoms. The molecule has 0 radical (unpaired) electrons. The minimum absolute atomic E-state index is 0.199. The van der Waals surface area contributed by atoms with Crippen LogP contribution in [0.5, 0.6) is 0 Å². The molecule has 0 aromatic heterocycles. The number of likely N-dealkylation sites (N-methyl/N-ethyl adjacent to an activating group) is 1. The summed E-state index contributed by atoms with van der Waals surface area (Å²) < 4.78 is 0. The molecule has 0 heterocycles. The van der Waals surface area contributed by atoms with Crippen LogP contribution in [-0.4, -0.2) is 24.8 Å². The van der Waals surface area contributed by atoms with Crippen LogP contribution < -0.4 is 5.32 Å². The second-order valence-corrected chi connectivity index (χ2v) is 3.93. The second kappa shape index (κ2) is 4.73. The predicted octanol–water partition coefficient (Wildman–Crippen LogP) is 1.39. The first-order chi connectivity index (χ1) is 5.02. The van der Waals surface area contributed by atoms with E-state index in [0.29, 0.717) is 6.54 Å². The Morgan fingerprint density at radius 2 is 2.00 bits per heavy atom. The summed E-state index contributed by atoms with van der Waals surface area (Å²) in [5.74, 6) is 0. The van der Waals surface area contributed by atoms with E-state index in [2.05, 4.69) is 26.1 Å². The van der Waals surface area contributed by atoms with Crippen LogP contribution in [0.4, 0.5) is 0 Å². The van der Waals surface area contributed by atoms with E-state index in [-0.39, 0.29) is 11.5 Å². The highest BCUT2D eigenvalue weighted by Crippen LogP contribution is 2.25. The molecule has 0 spiro atoms. The van der Waals surface area contributed by atoms with Gasteiger partial charge in [-0.15, -0.1) is 0 Å². The summed E-state index contributed by atoms with van der Waals surface area (Å²) in [6, 6.07) is 0. The summed E-state index contributed by atoms with van der Waals surface area (Å²) in [6.07, 6.45) is 1.80. The van der Waals surface area contributed by atoms with Gasteiger partial charge in [-0.05, 0) is 18.9 Å². The number of aliphatic hydroxyl groups excluding tert-OH is 1. The lowest BCUT2D eigenvalue weighted by Crippen LogP contribution is -2.28. The summed E-state index contributed by atoms with van der Waals surface area (Å²) in [5, 5.41) is 12.4. The van der Waals surface area contributed by atoms with Gasteiger partial charge in [0.15, 0.2) is 0 Å². The molecule has 0 amide bonds. The normalized spacial score (nSPS) is 15.0. The summed E-state index contributed by atoms with van der Waals surface area (Å²) in [6.45, 7) is 7.23. The van der Waals surface area contributed by atoms with E-state index in [0.717, 1.165) is 12.8 Å². The Bertz CT molecular complexity index is 102. The molecule has 2 N–H and O–H groups in total. The molecule has 0 saturated heterocycles. The van der Waals surface area contributed by atoms with E-state index in [1.165, 1.54) is 0 Å². The van der Waals surface area contributed by atoms with Gasteiger partial charge in [-0.2, -0.15) is 0 Å². The van der Waals surface area contributed by atoms with E-state index in [9.17, 15) is 5.11 Å². The third-order valence-electron chi connectivity index (χ3n) is 2.19. The zero-order valence-corrected chi connectivity index (χ0v) is 8.15. The molecule has 0 aliphatic heterocycles. The Kier molecular flexibility index (Phi) is 4.69. The fourth-order valence-corrected chi connectivity index (χ4v) is 1.09. The molecular formula is C9H21NO. The third kappa shape index (κ3) is 5.22. The number of rotatable bonds is 5. The topological polar surface area (TPSA) is 32.3 Å². The maximum atomic E-state index is 9.45. The van der Waals surface area contributed by atoms with Crippen molar-refractivity contribution < 1.29 is 5.11 Å². The molecule has 0 aromatic rings. The van der Waals surface area contributed by atoms with E-state index < -0.39 is 0 Å². The maximum Gasteiger partial charge on any atom is 0.0669 e. The lowest BCUT2D eigenvalue weighted by atomic mass is 9.84. The first kappa shape index (κ1) is 10.9. The highest BCUT2D eigenvalue weighted by atomic mass is 16.3. The van der Waals surface area contributed by atoms with Crippen molar-refractivity contribution in [2.24, 2.45) is 5.41 Å². The molecule has 0 fully saturated rings. The molecule has 1 unspecified atom stereocenters. The van der Waals surface area contributed by atoms with Gasteiger partial charge < -0.3 is 10.4 Å². The van der Waals surface area contributed by atoms with Crippen LogP contribution in [0.1, 0.15) is 33.6 Å². The van der Waals surface area contributed by atoms with Gasteiger partial charge in [0.1, 0.15) is 0 Å². The first-order valence-corrected chi connectivity index (χ1v) is 4.34. The smallest absolute Gasteiger partial charge is 0.0669 e. The summed E-state index contributed by atoms with van der Waals surface area (Å²) in [4.78, 5) is 0. The van der Waals surface area contributed by atoms with Crippen molar-refractivity contribution in [3.05, 3.63) is 0 Å². The minimum Gasteiger partial charge on any atom is -0.392 e. The standard InChI is InChI=1S/C9H21NO/c1-5-9(2,3)6-8(11)7-10-4/h8,10-11H,5-7H2,1-4H3. The van der Waals surface area contributed by atoms with Crippen LogP contribution in [0.15, 0.2) is 0 Å². The molecular weight excluding hydrogens is 138 g/mol. The van der Waals surface area contributed by atoms with Crippen molar-refractivity contribution in [2.45, 2.75) is 39.7 Å². The molecule has 0 saturated carbocycles. The zero-order chi connectivity index (χ0) is 8.91. The molecule has 0 aromatic carbocycles. The van der Waals surface area contributed by atoms with Crippen LogP contribution in [0, 0.1) is 5.41 Å². The van der Waals surface area contributed by atoms with Crippen LogP contribution in [-0.2, 0) is 0 Å². The summed E-state index contributed by atoms with van der Waals surface area (Å²) >= 11 is 0. The number of hydrogen-bond donors (Lipinski definition) is 2. The van der Waals surface area contributed by atoms with Crippen molar-refractivity contribution in [1.82, 2.24) is 5.32 Å². The molecule has 2 heteroatoms. The van der Waals surface area contributed by atoms with Crippen LogP contribution >= 0.6 is 0 Å². The molecule has 0 aliphatic carbocycles. The highest BCUT2D eigenvalue weighted by Gasteiger charge is 2.19. The van der Waals surface area contributed by atoms with Gasteiger partial charge in [-0.25, -0.2) is 0 Å². The lowest BCUT2D eigenvalue weighted by Gasteiger charge is -2.25. The fourth-order valence-electron chi connectivity index (χ4n) is 1.09. The van der Waals surface area contributed by atoms with Crippen molar-refractivity contribution in [3.63, 3.8) is 0 Å². The van der Waals surface area contributed by atoms with E-state index in [4.69, 9.17) is 0 Å². The fraction of sp³-hybridized carbons (Fsp3) is 1.00. The van der Waals surface area contributed by atoms with Crippen LogP contribution in [0.25, 0.3) is 0 Å². The number of nitrogens with one attached hydrogen (secondary N) is 1. The quantitative estimate of drug-likeness (QED) is 0.635. The van der Waals surface area contributed by atoms with Crippen LogP contribution in [0.2, 0.25) is 0 Å². The van der Waals surface area contributed by atoms with Gasteiger partial charge in [0, 0.05) is 6.54 Å². The highest BCUT2D eigenvalue weighted by molar-refractivity contribution is 4.72. The van der Waals surface area contributed by atoms with Gasteiger partial charge in [0.25, 0.3) is 0 Å². The molecule has 0 aliphatic rings. The van der Waals surface area contributed by atoms with Crippen molar-refractivity contribution >= 4 is 0 Å². The average molecular weight is 159 g/mol. The second-order valence-electron chi connectivity index (χ2n) is 3.93. The zero-order valence-electron chi connectivity index (χ0n) is 8.15. The predicted molar refractivity (Wildman–Crippen MR) is 48.6 cm³/mol. The Balaban J connectivity index is 3.64. The van der Waals surface area contributed by atoms with Gasteiger partial charge in [0.2, 0.25) is 0 Å². The molecule has 2 nitrogen and oxygen atoms in total. The van der Waals surface area contributed by atoms with E-state index >= 15 is 0 Å². The van der Waals surface area contributed by atoms with Crippen molar-refractivity contribution in [2.75, 3.05) is 13.6 Å². The Hall–Kier alpha value is -0.0800. The van der Waals surface area contributed by atoms with Crippen molar-refractivity contribution in [1.29, 1.82) is 0 Å². The molecule has 0 bridgehead atoms. The number of hydrogen-bond acceptors (Lipinski definition) is 2. The molecule has 0 rings (SSSR count). The third-order valence-corrected chi connectivity index (χ3v) is 2.19. The maximum absolute atomic E-state index is 9.45. The summed E-state index contributed by atoms with van der Waals surface area (Å²) in [7, 11) is 1.86. The number of aliphatic hydroxyl groups is 1. The lowest BCUT2D eigenvalue weighted by molar-refractivity contribution is 0.112. The van der Waals surface area contributed by atoms with Gasteiger partial charge in [-0.1, -0.05) is 27.2 Å².